The van der Waals surface area contributed by atoms with Crippen molar-refractivity contribution in [2.75, 3.05) is 19.6 Å². The predicted molar refractivity (Wildman–Crippen MR) is 76.1 cm³/mol. The molecule has 1 unspecified atom stereocenters. The lowest BCUT2D eigenvalue weighted by Gasteiger charge is -2.40. The van der Waals surface area contributed by atoms with Crippen LogP contribution in [0.25, 0.3) is 0 Å². The van der Waals surface area contributed by atoms with Crippen LogP contribution in [0, 0.1) is 0 Å². The number of nitrogens with zero attached hydrogens (tertiary/aromatic N) is 2. The number of Topliss-reactive ketones (excluding diaryl/α,β-unsaturated/α-hetero) is 1. The molecular formula is C16H22N2O. The van der Waals surface area contributed by atoms with E-state index in [0.717, 1.165) is 12.1 Å². The first-order chi connectivity index (χ1) is 9.24. The first kappa shape index (κ1) is 12.8. The fourth-order valence-electron chi connectivity index (χ4n) is 3.37. The van der Waals surface area contributed by atoms with E-state index < -0.39 is 0 Å². The van der Waals surface area contributed by atoms with Gasteiger partial charge in [-0.15, -0.1) is 0 Å². The number of rotatable bonds is 3. The molecule has 2 fully saturated rings. The molecule has 0 aliphatic carbocycles. The molecule has 2 heterocycles. The van der Waals surface area contributed by atoms with Crippen LogP contribution in [0.1, 0.15) is 42.1 Å². The quantitative estimate of drug-likeness (QED) is 0.778. The number of carbonyl (C=O) groups excluding carboxylic acids is 1. The molecule has 3 rings (SSSR count). The summed E-state index contributed by atoms with van der Waals surface area (Å²) in [4.78, 5) is 16.5. The van der Waals surface area contributed by atoms with Crippen LogP contribution in [0.3, 0.4) is 0 Å². The molecule has 102 valence electrons. The van der Waals surface area contributed by atoms with Crippen molar-refractivity contribution in [3.05, 3.63) is 35.4 Å². The Hall–Kier alpha value is -1.19. The maximum absolute atomic E-state index is 11.3. The summed E-state index contributed by atoms with van der Waals surface area (Å²) < 4.78 is 0. The molecule has 2 aliphatic rings. The van der Waals surface area contributed by atoms with Crippen molar-refractivity contribution in [2.24, 2.45) is 0 Å². The van der Waals surface area contributed by atoms with Gasteiger partial charge in [0.05, 0.1) is 6.17 Å². The van der Waals surface area contributed by atoms with Gasteiger partial charge in [0.25, 0.3) is 0 Å². The summed E-state index contributed by atoms with van der Waals surface area (Å²) in [5.74, 6) is 0.145. The summed E-state index contributed by atoms with van der Waals surface area (Å²) in [6, 6.07) is 8.11. The van der Waals surface area contributed by atoms with Gasteiger partial charge in [-0.2, -0.15) is 0 Å². The highest BCUT2D eigenvalue weighted by Gasteiger charge is 2.32. The number of ketones is 1. The lowest BCUT2D eigenvalue weighted by Crippen LogP contribution is -2.49. The third-order valence-corrected chi connectivity index (χ3v) is 4.39. The monoisotopic (exact) mass is 258 g/mol. The van der Waals surface area contributed by atoms with E-state index in [-0.39, 0.29) is 5.78 Å². The average Bonchev–Trinajstić information content (AvgIpc) is 2.89. The number of carbonyl (C=O) groups is 1. The van der Waals surface area contributed by atoms with Crippen LogP contribution in [0.5, 0.6) is 0 Å². The Kier molecular flexibility index (Phi) is 3.67. The van der Waals surface area contributed by atoms with Gasteiger partial charge in [-0.3, -0.25) is 14.6 Å². The summed E-state index contributed by atoms with van der Waals surface area (Å²) in [7, 11) is 0. The Labute approximate surface area is 115 Å². The van der Waals surface area contributed by atoms with Crippen molar-refractivity contribution in [3.8, 4) is 0 Å². The Bertz CT molecular complexity index is 454. The number of hydrogen-bond donors (Lipinski definition) is 0. The molecule has 0 radical (unpaired) electrons. The minimum atomic E-state index is 0.145. The minimum absolute atomic E-state index is 0.145. The van der Waals surface area contributed by atoms with E-state index in [4.69, 9.17) is 0 Å². The van der Waals surface area contributed by atoms with Crippen molar-refractivity contribution in [1.82, 2.24) is 9.80 Å². The zero-order chi connectivity index (χ0) is 13.2. The second-order valence-electron chi connectivity index (χ2n) is 5.74. The summed E-state index contributed by atoms with van der Waals surface area (Å²) in [6.45, 7) is 6.37. The number of fused-ring (bicyclic) bond motifs is 1. The number of benzene rings is 1. The third-order valence-electron chi connectivity index (χ3n) is 4.39. The Morgan fingerprint density at radius 3 is 2.63 bits per heavy atom. The minimum Gasteiger partial charge on any atom is -0.295 e. The van der Waals surface area contributed by atoms with Gasteiger partial charge < -0.3 is 0 Å². The zero-order valence-corrected chi connectivity index (χ0v) is 11.6. The van der Waals surface area contributed by atoms with Crippen LogP contribution in [-0.2, 0) is 6.54 Å². The van der Waals surface area contributed by atoms with E-state index in [1.807, 2.05) is 12.1 Å². The van der Waals surface area contributed by atoms with Crippen molar-refractivity contribution < 1.29 is 4.79 Å². The van der Waals surface area contributed by atoms with Crippen LogP contribution in [0.15, 0.2) is 24.3 Å². The van der Waals surface area contributed by atoms with Crippen molar-refractivity contribution in [1.29, 1.82) is 0 Å². The topological polar surface area (TPSA) is 23.6 Å². The third kappa shape index (κ3) is 2.72. The van der Waals surface area contributed by atoms with E-state index in [9.17, 15) is 4.79 Å². The summed E-state index contributed by atoms with van der Waals surface area (Å²) >= 11 is 0. The van der Waals surface area contributed by atoms with Gasteiger partial charge in [-0.1, -0.05) is 24.3 Å². The van der Waals surface area contributed by atoms with Gasteiger partial charge in [0, 0.05) is 25.2 Å². The highest BCUT2D eigenvalue weighted by molar-refractivity contribution is 5.93. The molecule has 1 aromatic rings. The smallest absolute Gasteiger partial charge is 0.159 e. The van der Waals surface area contributed by atoms with Gasteiger partial charge in [-0.25, -0.2) is 0 Å². The largest absolute Gasteiger partial charge is 0.295 e. The van der Waals surface area contributed by atoms with Crippen LogP contribution >= 0.6 is 0 Å². The molecular weight excluding hydrogens is 236 g/mol. The fourth-order valence-corrected chi connectivity index (χ4v) is 3.37. The average molecular weight is 258 g/mol. The van der Waals surface area contributed by atoms with Gasteiger partial charge in [0.2, 0.25) is 0 Å². The maximum atomic E-state index is 11.3. The first-order valence-electron chi connectivity index (χ1n) is 7.32. The zero-order valence-electron chi connectivity index (χ0n) is 11.6. The Morgan fingerprint density at radius 1 is 1.16 bits per heavy atom. The molecule has 1 atom stereocenters. The van der Waals surface area contributed by atoms with Crippen molar-refractivity contribution in [2.45, 2.75) is 38.9 Å². The van der Waals surface area contributed by atoms with E-state index >= 15 is 0 Å². The van der Waals surface area contributed by atoms with E-state index in [1.165, 1.54) is 44.5 Å². The fraction of sp³-hybridized carbons (Fsp3) is 0.562. The molecule has 2 aliphatic heterocycles. The molecule has 0 spiro atoms. The standard InChI is InChI=1S/C16H22N2O/c1-13(19)15-7-5-14(6-8-15)12-18-11-3-10-17-9-2-4-16(17)18/h5-8,16H,2-4,9-12H2,1H3. The van der Waals surface area contributed by atoms with E-state index in [2.05, 4.69) is 21.9 Å². The normalized spacial score (nSPS) is 24.4. The lowest BCUT2D eigenvalue weighted by molar-refractivity contribution is 0.0287. The first-order valence-corrected chi connectivity index (χ1v) is 7.32. The molecule has 0 amide bonds. The van der Waals surface area contributed by atoms with Crippen LogP contribution in [-0.4, -0.2) is 41.4 Å². The van der Waals surface area contributed by atoms with Gasteiger partial charge >= 0.3 is 0 Å². The molecule has 19 heavy (non-hydrogen) atoms. The lowest BCUT2D eigenvalue weighted by atomic mass is 10.1. The number of hydrogen-bond acceptors (Lipinski definition) is 3. The molecule has 1 aromatic carbocycles. The van der Waals surface area contributed by atoms with Crippen LogP contribution in [0.4, 0.5) is 0 Å². The molecule has 0 N–H and O–H groups in total. The van der Waals surface area contributed by atoms with Crippen LogP contribution < -0.4 is 0 Å². The van der Waals surface area contributed by atoms with Crippen molar-refractivity contribution in [3.63, 3.8) is 0 Å². The summed E-state index contributed by atoms with van der Waals surface area (Å²) in [5.41, 5.74) is 2.13. The predicted octanol–water partition coefficient (Wildman–Crippen LogP) is 2.52. The van der Waals surface area contributed by atoms with E-state index in [1.54, 1.807) is 6.92 Å². The molecule has 0 aromatic heterocycles. The summed E-state index contributed by atoms with van der Waals surface area (Å²) in [5, 5.41) is 0. The molecule has 3 heteroatoms. The van der Waals surface area contributed by atoms with Gasteiger partial charge in [0.15, 0.2) is 5.78 Å². The molecule has 2 saturated heterocycles. The van der Waals surface area contributed by atoms with Crippen LogP contribution in [0.2, 0.25) is 0 Å². The van der Waals surface area contributed by atoms with Crippen molar-refractivity contribution >= 4 is 5.78 Å². The Morgan fingerprint density at radius 2 is 1.89 bits per heavy atom. The summed E-state index contributed by atoms with van der Waals surface area (Å²) in [6.07, 6.45) is 4.58. The maximum Gasteiger partial charge on any atom is 0.159 e. The molecule has 0 bridgehead atoms. The second kappa shape index (κ2) is 5.43. The molecule has 3 nitrogen and oxygen atoms in total. The van der Waals surface area contributed by atoms with E-state index in [0.29, 0.717) is 6.17 Å². The molecule has 0 saturated carbocycles. The van der Waals surface area contributed by atoms with Gasteiger partial charge in [0.1, 0.15) is 0 Å². The SMILES string of the molecule is CC(=O)c1ccc(CN2CCCN3CCCC32)cc1. The highest BCUT2D eigenvalue weighted by atomic mass is 16.1. The second-order valence-corrected chi connectivity index (χ2v) is 5.74. The Balaban J connectivity index is 1.68. The van der Waals surface area contributed by atoms with Gasteiger partial charge in [-0.05, 0) is 38.3 Å². The highest BCUT2D eigenvalue weighted by Crippen LogP contribution is 2.26.